The van der Waals surface area contributed by atoms with E-state index in [1.807, 2.05) is 66.4 Å². The van der Waals surface area contributed by atoms with Crippen molar-refractivity contribution in [2.24, 2.45) is 0 Å². The highest BCUT2D eigenvalue weighted by molar-refractivity contribution is 6.30. The lowest BCUT2D eigenvalue weighted by atomic mass is 9.84. The first-order valence-electron chi connectivity index (χ1n) is 14.0. The molecule has 5 rings (SSSR count). The Kier molecular flexibility index (Phi) is 8.49. The summed E-state index contributed by atoms with van der Waals surface area (Å²) in [5.74, 6) is 1.15. The first kappa shape index (κ1) is 28.9. The summed E-state index contributed by atoms with van der Waals surface area (Å²) in [5, 5.41) is 19.8. The number of amides is 1. The second kappa shape index (κ2) is 12.1. The zero-order chi connectivity index (χ0) is 29.1. The van der Waals surface area contributed by atoms with E-state index in [0.29, 0.717) is 54.3 Å². The number of allylic oxidation sites excluding steroid dienone is 1. The third kappa shape index (κ3) is 6.17. The van der Waals surface area contributed by atoms with E-state index in [1.54, 1.807) is 10.9 Å². The molecule has 10 heteroatoms. The number of likely N-dealkylation sites (N-methyl/N-ethyl adjacent to an activating group) is 1. The first-order chi connectivity index (χ1) is 19.7. The van der Waals surface area contributed by atoms with Crippen molar-refractivity contribution in [2.45, 2.75) is 37.8 Å². The monoisotopic (exact) mass is 575 g/mol. The molecule has 2 aliphatic rings. The molecule has 3 heterocycles. The van der Waals surface area contributed by atoms with Crippen molar-refractivity contribution < 1.29 is 9.90 Å². The molecular formula is C31H38ClN7O2. The first-order valence-corrected chi connectivity index (χ1v) is 14.4. The van der Waals surface area contributed by atoms with Crippen molar-refractivity contribution in [1.29, 1.82) is 0 Å². The largest absolute Gasteiger partial charge is 0.385 e. The molecule has 0 bridgehead atoms. The van der Waals surface area contributed by atoms with Crippen LogP contribution in [0.5, 0.6) is 0 Å². The lowest BCUT2D eigenvalue weighted by Gasteiger charge is -2.40. The van der Waals surface area contributed by atoms with Gasteiger partial charge in [-0.05, 0) is 82.2 Å². The number of aromatic nitrogens is 3. The van der Waals surface area contributed by atoms with Gasteiger partial charge >= 0.3 is 0 Å². The summed E-state index contributed by atoms with van der Waals surface area (Å²) in [7, 11) is 4.11. The van der Waals surface area contributed by atoms with Crippen LogP contribution in [0.25, 0.3) is 11.9 Å². The molecule has 0 saturated carbocycles. The molecule has 0 radical (unpaired) electrons. The fourth-order valence-corrected chi connectivity index (χ4v) is 5.78. The van der Waals surface area contributed by atoms with Gasteiger partial charge in [-0.1, -0.05) is 36.4 Å². The minimum absolute atomic E-state index is 0.0551. The van der Waals surface area contributed by atoms with Crippen molar-refractivity contribution in [3.63, 3.8) is 0 Å². The Hall–Kier alpha value is -3.66. The summed E-state index contributed by atoms with van der Waals surface area (Å²) in [4.78, 5) is 24.1. The van der Waals surface area contributed by atoms with Crippen LogP contribution in [0.2, 0.25) is 5.02 Å². The Morgan fingerprint density at radius 1 is 1.10 bits per heavy atom. The van der Waals surface area contributed by atoms with Crippen LogP contribution < -0.4 is 5.32 Å². The summed E-state index contributed by atoms with van der Waals surface area (Å²) in [6, 6.07) is 15.3. The Morgan fingerprint density at radius 3 is 2.37 bits per heavy atom. The highest BCUT2D eigenvalue weighted by Gasteiger charge is 2.35. The molecule has 0 unspecified atom stereocenters. The molecule has 0 aliphatic carbocycles. The SMILES string of the molecule is C=Cn1nc(Nc2ccc(C(=O)N3CC[C@H](N(C)C)C3)cc2)nc1/C(=C\C)N1CCC(O)(c2ccc(Cl)cc2)CC1. The van der Waals surface area contributed by atoms with Gasteiger partial charge in [-0.2, -0.15) is 4.98 Å². The molecule has 2 N–H and O–H groups in total. The number of anilines is 2. The van der Waals surface area contributed by atoms with Crippen LogP contribution >= 0.6 is 11.6 Å². The number of aliphatic hydroxyl groups is 1. The summed E-state index contributed by atoms with van der Waals surface area (Å²) >= 11 is 6.04. The molecule has 216 valence electrons. The maximum Gasteiger partial charge on any atom is 0.253 e. The normalized spacial score (nSPS) is 19.1. The number of nitrogens with zero attached hydrogens (tertiary/aromatic N) is 6. The van der Waals surface area contributed by atoms with Gasteiger partial charge in [0.2, 0.25) is 5.95 Å². The van der Waals surface area contributed by atoms with Gasteiger partial charge in [-0.3, -0.25) is 4.79 Å². The number of likely N-dealkylation sites (tertiary alicyclic amines) is 2. The predicted octanol–water partition coefficient (Wildman–Crippen LogP) is 4.90. The van der Waals surface area contributed by atoms with Crippen LogP contribution in [0.15, 0.2) is 61.2 Å². The van der Waals surface area contributed by atoms with Gasteiger partial charge in [0.15, 0.2) is 5.82 Å². The zero-order valence-corrected chi connectivity index (χ0v) is 24.7. The Bertz CT molecular complexity index is 1410. The topological polar surface area (TPSA) is 89.8 Å². The van der Waals surface area contributed by atoms with E-state index >= 15 is 0 Å². The van der Waals surface area contributed by atoms with Crippen LogP contribution in [0.1, 0.15) is 47.9 Å². The Balaban J connectivity index is 1.25. The van der Waals surface area contributed by atoms with Crippen LogP contribution in [0.3, 0.4) is 0 Å². The third-order valence-corrected chi connectivity index (χ3v) is 8.44. The van der Waals surface area contributed by atoms with Crippen LogP contribution in [0.4, 0.5) is 11.6 Å². The van der Waals surface area contributed by atoms with Crippen LogP contribution in [-0.2, 0) is 5.60 Å². The van der Waals surface area contributed by atoms with Crippen molar-refractivity contribution in [1.82, 2.24) is 29.5 Å². The fraction of sp³-hybridized carbons (Fsp3) is 0.387. The minimum atomic E-state index is -0.894. The van der Waals surface area contributed by atoms with Crippen molar-refractivity contribution >= 4 is 41.0 Å². The van der Waals surface area contributed by atoms with Crippen molar-refractivity contribution in [2.75, 3.05) is 45.6 Å². The summed E-state index contributed by atoms with van der Waals surface area (Å²) < 4.78 is 1.66. The number of halogens is 1. The molecule has 0 spiro atoms. The summed E-state index contributed by atoms with van der Waals surface area (Å²) in [6.07, 6.45) is 5.80. The van der Waals surface area contributed by atoms with Crippen LogP contribution in [-0.4, -0.2) is 86.8 Å². The van der Waals surface area contributed by atoms with Gasteiger partial charge in [-0.25, -0.2) is 4.68 Å². The second-order valence-electron chi connectivity index (χ2n) is 10.9. The van der Waals surface area contributed by atoms with E-state index in [-0.39, 0.29) is 5.91 Å². The number of nitrogens with one attached hydrogen (secondary N) is 1. The highest BCUT2D eigenvalue weighted by atomic mass is 35.5. The highest BCUT2D eigenvalue weighted by Crippen LogP contribution is 2.36. The van der Waals surface area contributed by atoms with Gasteiger partial charge in [0, 0.05) is 54.7 Å². The second-order valence-corrected chi connectivity index (χ2v) is 11.4. The molecule has 3 aromatic rings. The van der Waals surface area contributed by atoms with Crippen molar-refractivity contribution in [3.05, 3.63) is 83.2 Å². The minimum Gasteiger partial charge on any atom is -0.385 e. The quantitative estimate of drug-likeness (QED) is 0.395. The predicted molar refractivity (Wildman–Crippen MR) is 164 cm³/mol. The lowest BCUT2D eigenvalue weighted by Crippen LogP contribution is -2.42. The molecule has 41 heavy (non-hydrogen) atoms. The van der Waals surface area contributed by atoms with E-state index in [2.05, 4.69) is 40.9 Å². The molecule has 1 atom stereocenters. The standard InChI is InChI=1S/C31H38ClN7O2/c1-5-27(37-19-16-31(41,17-20-37)23-9-11-24(32)12-10-23)28-34-30(35-39(28)6-2)33-25-13-7-22(8-14-25)29(40)38-18-15-26(21-38)36(3)4/h5-14,26,41H,2,15-21H2,1,3-4H3,(H,33,35)/b27-5+/t26-/m0/s1. The molecule has 2 saturated heterocycles. The molecule has 2 aromatic carbocycles. The fourth-order valence-electron chi connectivity index (χ4n) is 5.65. The lowest BCUT2D eigenvalue weighted by molar-refractivity contribution is -0.0141. The van der Waals surface area contributed by atoms with Gasteiger partial charge in [0.1, 0.15) is 0 Å². The molecule has 2 fully saturated rings. The molecule has 1 aromatic heterocycles. The molecule has 2 aliphatic heterocycles. The number of carbonyl (C=O) groups is 1. The van der Waals surface area contributed by atoms with Gasteiger partial charge < -0.3 is 25.1 Å². The van der Waals surface area contributed by atoms with Gasteiger partial charge in [0.05, 0.1) is 11.3 Å². The average Bonchev–Trinajstić information content (AvgIpc) is 3.63. The van der Waals surface area contributed by atoms with E-state index in [4.69, 9.17) is 16.6 Å². The van der Waals surface area contributed by atoms with E-state index in [1.165, 1.54) is 0 Å². The smallest absolute Gasteiger partial charge is 0.253 e. The summed E-state index contributed by atoms with van der Waals surface area (Å²) in [6.45, 7) is 8.74. The number of carbonyl (C=O) groups excluding carboxylic acids is 1. The number of benzene rings is 2. The number of rotatable bonds is 8. The molecule has 1 amide bonds. The number of hydrogen-bond acceptors (Lipinski definition) is 7. The van der Waals surface area contributed by atoms with E-state index in [9.17, 15) is 9.90 Å². The number of piperidine rings is 1. The van der Waals surface area contributed by atoms with Gasteiger partial charge in [-0.15, -0.1) is 5.10 Å². The molecular weight excluding hydrogens is 538 g/mol. The maximum absolute atomic E-state index is 13.0. The Labute approximate surface area is 246 Å². The third-order valence-electron chi connectivity index (χ3n) is 8.19. The molecule has 9 nitrogen and oxygen atoms in total. The maximum atomic E-state index is 13.0. The average molecular weight is 576 g/mol. The van der Waals surface area contributed by atoms with Crippen molar-refractivity contribution in [3.8, 4) is 0 Å². The van der Waals surface area contributed by atoms with E-state index in [0.717, 1.165) is 36.5 Å². The van der Waals surface area contributed by atoms with Crippen LogP contribution in [0, 0.1) is 0 Å². The van der Waals surface area contributed by atoms with E-state index < -0.39 is 5.60 Å². The Morgan fingerprint density at radius 2 is 1.78 bits per heavy atom. The number of hydrogen-bond donors (Lipinski definition) is 2. The zero-order valence-electron chi connectivity index (χ0n) is 23.9. The summed E-state index contributed by atoms with van der Waals surface area (Å²) in [5.41, 5.74) is 2.37. The van der Waals surface area contributed by atoms with Gasteiger partial charge in [0.25, 0.3) is 5.91 Å².